The summed E-state index contributed by atoms with van der Waals surface area (Å²) in [6, 6.07) is 12.6. The molecule has 1 aromatic carbocycles. The van der Waals surface area contributed by atoms with Crippen LogP contribution in [0.5, 0.6) is 0 Å². The molecule has 0 saturated carbocycles. The normalized spacial score (nSPS) is 10.8. The fourth-order valence-electron chi connectivity index (χ4n) is 2.83. The molecule has 0 atom stereocenters. The Hall–Kier alpha value is -3.58. The Morgan fingerprint density at radius 3 is 2.64 bits per heavy atom. The molecule has 0 radical (unpaired) electrons. The number of nitrogen functional groups attached to an aromatic ring is 1. The fourth-order valence-corrected chi connectivity index (χ4v) is 2.96. The number of nitrogens with two attached hydrogens (primary N) is 1. The topological polar surface area (TPSA) is 110 Å². The Labute approximate surface area is 165 Å². The Balaban J connectivity index is 1.56. The summed E-state index contributed by atoms with van der Waals surface area (Å²) in [5.74, 6) is 0.509. The van der Waals surface area contributed by atoms with E-state index in [1.807, 2.05) is 24.3 Å². The Morgan fingerprint density at radius 2 is 1.89 bits per heavy atom. The van der Waals surface area contributed by atoms with E-state index in [-0.39, 0.29) is 11.7 Å². The van der Waals surface area contributed by atoms with Gasteiger partial charge in [-0.15, -0.1) is 0 Å². The molecule has 0 aliphatic heterocycles. The number of anilines is 1. The van der Waals surface area contributed by atoms with Crippen LogP contribution in [-0.2, 0) is 6.54 Å². The maximum atomic E-state index is 12.4. The van der Waals surface area contributed by atoms with Crippen molar-refractivity contribution in [2.45, 2.75) is 6.54 Å². The molecule has 0 spiro atoms. The van der Waals surface area contributed by atoms with Crippen molar-refractivity contribution in [2.75, 3.05) is 5.73 Å². The number of rotatable bonds is 5. The second kappa shape index (κ2) is 7.58. The Bertz CT molecular complexity index is 1100. The number of nitrogens with zero attached hydrogens (tertiary/aromatic N) is 2. The Kier molecular flexibility index (Phi) is 4.82. The van der Waals surface area contributed by atoms with E-state index in [2.05, 4.69) is 20.4 Å². The van der Waals surface area contributed by atoms with Crippen molar-refractivity contribution in [1.82, 2.24) is 20.4 Å². The van der Waals surface area contributed by atoms with Crippen LogP contribution >= 0.6 is 11.6 Å². The van der Waals surface area contributed by atoms with Crippen molar-refractivity contribution in [3.63, 3.8) is 0 Å². The highest BCUT2D eigenvalue weighted by atomic mass is 35.5. The molecule has 4 N–H and O–H groups in total. The van der Waals surface area contributed by atoms with Gasteiger partial charge in [-0.2, -0.15) is 0 Å². The number of carbonyl (C=O) groups excluding carboxylic acids is 1. The zero-order valence-electron chi connectivity index (χ0n) is 14.6. The van der Waals surface area contributed by atoms with Crippen LogP contribution < -0.4 is 11.1 Å². The van der Waals surface area contributed by atoms with Gasteiger partial charge in [-0.3, -0.25) is 9.78 Å². The highest BCUT2D eigenvalue weighted by Crippen LogP contribution is 2.37. The van der Waals surface area contributed by atoms with E-state index in [9.17, 15) is 4.79 Å². The van der Waals surface area contributed by atoms with Gasteiger partial charge in [-0.25, -0.2) is 0 Å². The van der Waals surface area contributed by atoms with Crippen molar-refractivity contribution >= 4 is 23.3 Å². The molecule has 3 aromatic heterocycles. The zero-order valence-corrected chi connectivity index (χ0v) is 15.4. The third kappa shape index (κ3) is 3.60. The number of nitrogens with one attached hydrogen (secondary N) is 2. The van der Waals surface area contributed by atoms with Crippen LogP contribution in [-0.4, -0.2) is 21.0 Å². The first kappa shape index (κ1) is 17.8. The first-order valence-corrected chi connectivity index (χ1v) is 8.86. The number of pyridine rings is 1. The minimum atomic E-state index is -0.233. The fraction of sp³-hybridized carbons (Fsp3) is 0.0500. The summed E-state index contributed by atoms with van der Waals surface area (Å²) in [7, 11) is 0. The van der Waals surface area contributed by atoms with Crippen molar-refractivity contribution in [1.29, 1.82) is 0 Å². The van der Waals surface area contributed by atoms with E-state index in [1.165, 1.54) is 0 Å². The summed E-state index contributed by atoms with van der Waals surface area (Å²) in [5.41, 5.74) is 9.50. The van der Waals surface area contributed by atoms with Gasteiger partial charge in [0.05, 0.1) is 5.56 Å². The van der Waals surface area contributed by atoms with Crippen LogP contribution in [0.2, 0.25) is 5.02 Å². The molecular formula is C20H16ClN5O2. The van der Waals surface area contributed by atoms with Crippen LogP contribution in [0, 0.1) is 0 Å². The molecule has 1 amide bonds. The van der Waals surface area contributed by atoms with E-state index < -0.39 is 0 Å². The molecule has 7 nitrogen and oxygen atoms in total. The number of H-pyrrole nitrogens is 1. The molecule has 0 aliphatic carbocycles. The van der Waals surface area contributed by atoms with E-state index in [0.29, 0.717) is 34.1 Å². The molecule has 4 rings (SSSR count). The highest BCUT2D eigenvalue weighted by molar-refractivity contribution is 6.30. The molecular weight excluding hydrogens is 378 g/mol. The lowest BCUT2D eigenvalue weighted by Crippen LogP contribution is -2.22. The van der Waals surface area contributed by atoms with Crippen LogP contribution in [0.1, 0.15) is 16.1 Å². The number of hydrogen-bond acceptors (Lipinski definition) is 5. The van der Waals surface area contributed by atoms with Gasteiger partial charge < -0.3 is 20.6 Å². The first-order chi connectivity index (χ1) is 13.6. The van der Waals surface area contributed by atoms with E-state index >= 15 is 0 Å². The Morgan fingerprint density at radius 1 is 1.14 bits per heavy atom. The molecule has 0 unspecified atom stereocenters. The molecule has 0 bridgehead atoms. The maximum Gasteiger partial charge on any atom is 0.267 e. The molecule has 28 heavy (non-hydrogen) atoms. The zero-order chi connectivity index (χ0) is 19.5. The number of hydrogen-bond donors (Lipinski definition) is 3. The average Bonchev–Trinajstić information content (AvgIpc) is 3.34. The van der Waals surface area contributed by atoms with Gasteiger partial charge >= 0.3 is 0 Å². The second-order valence-electron chi connectivity index (χ2n) is 6.12. The van der Waals surface area contributed by atoms with Crippen molar-refractivity contribution in [3.05, 3.63) is 77.3 Å². The minimum absolute atomic E-state index is 0.233. The van der Waals surface area contributed by atoms with Gasteiger partial charge in [-0.1, -0.05) is 28.9 Å². The molecule has 0 saturated heterocycles. The number of benzene rings is 1. The molecule has 0 fully saturated rings. The van der Waals surface area contributed by atoms with Crippen molar-refractivity contribution in [3.8, 4) is 22.5 Å². The monoisotopic (exact) mass is 393 g/mol. The largest absolute Gasteiger partial charge is 0.380 e. The maximum absolute atomic E-state index is 12.4. The SMILES string of the molecule is Nc1noc(-c2c[nH]c(C(=O)NCc3ccncc3)c2)c1-c1ccc(Cl)cc1. The van der Waals surface area contributed by atoms with Crippen LogP contribution in [0.15, 0.2) is 65.6 Å². The number of halogens is 1. The molecule has 8 heteroatoms. The molecule has 140 valence electrons. The minimum Gasteiger partial charge on any atom is -0.380 e. The number of aromatic amines is 1. The summed E-state index contributed by atoms with van der Waals surface area (Å²) >= 11 is 5.96. The standard InChI is InChI=1S/C20H16ClN5O2/c21-15-3-1-13(2-4-15)17-18(28-26-19(17)22)14-9-16(24-11-14)20(27)25-10-12-5-7-23-8-6-12/h1-9,11,24H,10H2,(H2,22,26)(H,25,27). The lowest BCUT2D eigenvalue weighted by atomic mass is 10.0. The van der Waals surface area contributed by atoms with Crippen molar-refractivity contribution < 1.29 is 9.32 Å². The molecule has 4 aromatic rings. The third-order valence-electron chi connectivity index (χ3n) is 4.24. The summed E-state index contributed by atoms with van der Waals surface area (Å²) in [5, 5.41) is 7.35. The van der Waals surface area contributed by atoms with Crippen LogP contribution in [0.3, 0.4) is 0 Å². The predicted octanol–water partition coefficient (Wildman–Crippen LogP) is 3.90. The quantitative estimate of drug-likeness (QED) is 0.476. The smallest absolute Gasteiger partial charge is 0.267 e. The van der Waals surface area contributed by atoms with Gasteiger partial charge in [0.2, 0.25) is 0 Å². The highest BCUT2D eigenvalue weighted by Gasteiger charge is 2.20. The van der Waals surface area contributed by atoms with E-state index in [1.54, 1.807) is 36.8 Å². The summed E-state index contributed by atoms with van der Waals surface area (Å²) in [6.07, 6.45) is 5.04. The lowest BCUT2D eigenvalue weighted by Gasteiger charge is -2.03. The van der Waals surface area contributed by atoms with Gasteiger partial charge in [0.15, 0.2) is 11.6 Å². The lowest BCUT2D eigenvalue weighted by molar-refractivity contribution is 0.0946. The van der Waals surface area contributed by atoms with E-state index in [4.69, 9.17) is 21.9 Å². The first-order valence-electron chi connectivity index (χ1n) is 8.49. The van der Waals surface area contributed by atoms with Gasteiger partial charge in [0, 0.05) is 35.7 Å². The third-order valence-corrected chi connectivity index (χ3v) is 4.50. The average molecular weight is 394 g/mol. The van der Waals surface area contributed by atoms with Crippen LogP contribution in [0.25, 0.3) is 22.5 Å². The second-order valence-corrected chi connectivity index (χ2v) is 6.56. The van der Waals surface area contributed by atoms with Gasteiger partial charge in [0.1, 0.15) is 5.69 Å². The van der Waals surface area contributed by atoms with E-state index in [0.717, 1.165) is 11.1 Å². The van der Waals surface area contributed by atoms with Gasteiger partial charge in [0.25, 0.3) is 5.91 Å². The molecule has 3 heterocycles. The summed E-state index contributed by atoms with van der Waals surface area (Å²) in [6.45, 7) is 0.404. The van der Waals surface area contributed by atoms with Crippen LogP contribution in [0.4, 0.5) is 5.82 Å². The number of aromatic nitrogens is 3. The number of carbonyl (C=O) groups is 1. The van der Waals surface area contributed by atoms with Crippen molar-refractivity contribution in [2.24, 2.45) is 0 Å². The molecule has 0 aliphatic rings. The number of amides is 1. The summed E-state index contributed by atoms with van der Waals surface area (Å²) in [4.78, 5) is 19.3. The predicted molar refractivity (Wildman–Crippen MR) is 107 cm³/mol. The summed E-state index contributed by atoms with van der Waals surface area (Å²) < 4.78 is 5.42. The van der Waals surface area contributed by atoms with Gasteiger partial charge in [-0.05, 0) is 41.5 Å².